The zero-order valence-electron chi connectivity index (χ0n) is 14.2. The van der Waals surface area contributed by atoms with Crippen molar-refractivity contribution in [3.05, 3.63) is 54.1 Å². The molecule has 24 heavy (non-hydrogen) atoms. The number of hydrogen-bond acceptors (Lipinski definition) is 3. The van der Waals surface area contributed by atoms with Gasteiger partial charge in [0.1, 0.15) is 5.75 Å². The Morgan fingerprint density at radius 1 is 1.00 bits per heavy atom. The summed E-state index contributed by atoms with van der Waals surface area (Å²) in [6, 6.07) is 17.2. The molecule has 2 aromatic carbocycles. The van der Waals surface area contributed by atoms with E-state index >= 15 is 0 Å². The molecule has 2 N–H and O–H groups in total. The third-order valence-corrected chi connectivity index (χ3v) is 4.90. The van der Waals surface area contributed by atoms with E-state index in [9.17, 15) is 5.11 Å². The van der Waals surface area contributed by atoms with Gasteiger partial charge < -0.3 is 15.2 Å². The minimum Gasteiger partial charge on any atom is -0.497 e. The number of aliphatic hydroxyl groups is 1. The summed E-state index contributed by atoms with van der Waals surface area (Å²) in [4.78, 5) is 0. The average molecular weight is 348 g/mol. The Morgan fingerprint density at radius 3 is 2.08 bits per heavy atom. The Kier molecular flexibility index (Phi) is 6.67. The van der Waals surface area contributed by atoms with E-state index in [2.05, 4.69) is 41.7 Å². The van der Waals surface area contributed by atoms with Crippen LogP contribution in [0.2, 0.25) is 0 Å². The zero-order chi connectivity index (χ0) is 16.2. The monoisotopic (exact) mass is 347 g/mol. The molecule has 2 aromatic rings. The first-order valence-corrected chi connectivity index (χ1v) is 8.28. The second-order valence-electron chi connectivity index (χ2n) is 6.43. The van der Waals surface area contributed by atoms with Crippen LogP contribution in [0.4, 0.5) is 0 Å². The first kappa shape index (κ1) is 18.8. The van der Waals surface area contributed by atoms with Crippen LogP contribution < -0.4 is 10.1 Å². The number of ether oxygens (including phenoxy) is 1. The second-order valence-corrected chi connectivity index (χ2v) is 6.43. The highest BCUT2D eigenvalue weighted by Gasteiger charge is 2.31. The van der Waals surface area contributed by atoms with Crippen molar-refractivity contribution in [1.29, 1.82) is 0 Å². The molecule has 3 rings (SSSR count). The van der Waals surface area contributed by atoms with Crippen LogP contribution in [0.25, 0.3) is 11.1 Å². The predicted molar refractivity (Wildman–Crippen MR) is 101 cm³/mol. The maximum atomic E-state index is 10.0. The minimum absolute atomic E-state index is 0. The van der Waals surface area contributed by atoms with Gasteiger partial charge in [0.05, 0.1) is 13.2 Å². The van der Waals surface area contributed by atoms with E-state index in [0.29, 0.717) is 5.92 Å². The summed E-state index contributed by atoms with van der Waals surface area (Å²) in [6.07, 6.45) is 2.78. The molecule has 0 spiro atoms. The van der Waals surface area contributed by atoms with Gasteiger partial charge in [-0.15, -0.1) is 12.4 Å². The van der Waals surface area contributed by atoms with Crippen LogP contribution in [-0.4, -0.2) is 31.4 Å². The van der Waals surface area contributed by atoms with Gasteiger partial charge in [-0.05, 0) is 61.1 Å². The average Bonchev–Trinajstić information content (AvgIpc) is 2.95. The Balaban J connectivity index is 0.00000208. The van der Waals surface area contributed by atoms with Crippen LogP contribution in [0, 0.1) is 5.92 Å². The Morgan fingerprint density at radius 2 is 1.58 bits per heavy atom. The molecule has 1 aliphatic rings. The Labute approximate surface area is 150 Å². The highest BCUT2D eigenvalue weighted by molar-refractivity contribution is 5.85. The quantitative estimate of drug-likeness (QED) is 0.866. The minimum atomic E-state index is -0.205. The molecular formula is C20H26ClNO2. The van der Waals surface area contributed by atoms with Gasteiger partial charge in [0.2, 0.25) is 0 Å². The van der Waals surface area contributed by atoms with E-state index in [0.717, 1.165) is 25.0 Å². The van der Waals surface area contributed by atoms with Crippen molar-refractivity contribution in [3.63, 3.8) is 0 Å². The van der Waals surface area contributed by atoms with Gasteiger partial charge in [0.15, 0.2) is 0 Å². The van der Waals surface area contributed by atoms with Crippen LogP contribution in [0.15, 0.2) is 48.5 Å². The molecule has 0 aromatic heterocycles. The lowest BCUT2D eigenvalue weighted by Gasteiger charge is -2.12. The van der Waals surface area contributed by atoms with Gasteiger partial charge in [-0.25, -0.2) is 0 Å². The molecule has 4 heteroatoms. The number of likely N-dealkylation sites (N-methyl/N-ethyl adjacent to an activating group) is 1. The molecule has 0 aliphatic heterocycles. The van der Waals surface area contributed by atoms with E-state index in [1.807, 2.05) is 19.2 Å². The lowest BCUT2D eigenvalue weighted by molar-refractivity contribution is 0.150. The van der Waals surface area contributed by atoms with Crippen molar-refractivity contribution < 1.29 is 9.84 Å². The molecule has 0 radical (unpaired) electrons. The molecule has 0 unspecified atom stereocenters. The van der Waals surface area contributed by atoms with Gasteiger partial charge >= 0.3 is 0 Å². The van der Waals surface area contributed by atoms with Gasteiger partial charge in [0.25, 0.3) is 0 Å². The van der Waals surface area contributed by atoms with E-state index < -0.39 is 0 Å². The van der Waals surface area contributed by atoms with Crippen LogP contribution in [0.5, 0.6) is 5.75 Å². The second kappa shape index (κ2) is 8.52. The number of hydrogen-bond donors (Lipinski definition) is 2. The SMILES string of the molecule is CN[C@H]1C[C@@H](Cc2ccc(-c3ccc(OC)cc3)cc2)C[C@@H]1O.Cl. The van der Waals surface area contributed by atoms with Crippen molar-refractivity contribution in [2.75, 3.05) is 14.2 Å². The molecule has 3 atom stereocenters. The highest BCUT2D eigenvalue weighted by Crippen LogP contribution is 2.30. The smallest absolute Gasteiger partial charge is 0.118 e. The molecule has 3 nitrogen and oxygen atoms in total. The van der Waals surface area contributed by atoms with Gasteiger partial charge in [0, 0.05) is 6.04 Å². The zero-order valence-corrected chi connectivity index (χ0v) is 15.1. The molecule has 0 bridgehead atoms. The maximum Gasteiger partial charge on any atom is 0.118 e. The van der Waals surface area contributed by atoms with Crippen LogP contribution >= 0.6 is 12.4 Å². The fourth-order valence-electron chi connectivity index (χ4n) is 3.55. The van der Waals surface area contributed by atoms with E-state index in [-0.39, 0.29) is 24.6 Å². The molecule has 130 valence electrons. The predicted octanol–water partition coefficient (Wildman–Crippen LogP) is 3.69. The molecule has 1 aliphatic carbocycles. The van der Waals surface area contributed by atoms with Crippen LogP contribution in [0.1, 0.15) is 18.4 Å². The topological polar surface area (TPSA) is 41.5 Å². The first-order chi connectivity index (χ1) is 11.2. The molecule has 0 amide bonds. The first-order valence-electron chi connectivity index (χ1n) is 8.28. The number of aliphatic hydroxyl groups excluding tert-OH is 1. The van der Waals surface area contributed by atoms with Crippen molar-refractivity contribution >= 4 is 12.4 Å². The van der Waals surface area contributed by atoms with E-state index in [1.165, 1.54) is 16.7 Å². The third kappa shape index (κ3) is 4.29. The number of methoxy groups -OCH3 is 1. The highest BCUT2D eigenvalue weighted by atomic mass is 35.5. The number of halogens is 1. The van der Waals surface area contributed by atoms with Crippen molar-refractivity contribution in [2.45, 2.75) is 31.4 Å². The summed E-state index contributed by atoms with van der Waals surface area (Å²) < 4.78 is 5.20. The number of benzene rings is 2. The van der Waals surface area contributed by atoms with E-state index in [4.69, 9.17) is 4.74 Å². The normalized spacial score (nSPS) is 22.9. The summed E-state index contributed by atoms with van der Waals surface area (Å²) in [5, 5.41) is 13.2. The molecule has 1 fully saturated rings. The molecular weight excluding hydrogens is 322 g/mol. The maximum absolute atomic E-state index is 10.0. The van der Waals surface area contributed by atoms with Crippen LogP contribution in [0.3, 0.4) is 0 Å². The van der Waals surface area contributed by atoms with Gasteiger partial charge in [-0.1, -0.05) is 36.4 Å². The lowest BCUT2D eigenvalue weighted by Crippen LogP contribution is -2.32. The van der Waals surface area contributed by atoms with Crippen molar-refractivity contribution in [3.8, 4) is 16.9 Å². The summed E-state index contributed by atoms with van der Waals surface area (Å²) in [7, 11) is 3.61. The summed E-state index contributed by atoms with van der Waals surface area (Å²) in [5.41, 5.74) is 3.76. The summed E-state index contributed by atoms with van der Waals surface area (Å²) >= 11 is 0. The van der Waals surface area contributed by atoms with E-state index in [1.54, 1.807) is 7.11 Å². The Hall–Kier alpha value is -1.55. The lowest BCUT2D eigenvalue weighted by atomic mass is 9.96. The standard InChI is InChI=1S/C20H25NO2.ClH/c1-21-19-12-15(13-20(19)22)11-14-3-5-16(6-4-14)17-7-9-18(23-2)10-8-17;/h3-10,15,19-22H,11-13H2,1-2H3;1H/t15-,19+,20+;/m1./s1. The number of nitrogens with one attached hydrogen (secondary N) is 1. The largest absolute Gasteiger partial charge is 0.497 e. The molecule has 0 heterocycles. The van der Waals surface area contributed by atoms with Gasteiger partial charge in [-0.2, -0.15) is 0 Å². The molecule has 0 saturated heterocycles. The fourth-order valence-corrected chi connectivity index (χ4v) is 3.55. The summed E-state index contributed by atoms with van der Waals surface area (Å²) in [5.74, 6) is 1.44. The molecule has 1 saturated carbocycles. The van der Waals surface area contributed by atoms with Gasteiger partial charge in [-0.3, -0.25) is 0 Å². The van der Waals surface area contributed by atoms with Crippen molar-refractivity contribution in [1.82, 2.24) is 5.32 Å². The Bertz CT molecular complexity index is 627. The number of rotatable bonds is 5. The summed E-state index contributed by atoms with van der Waals surface area (Å²) in [6.45, 7) is 0. The van der Waals surface area contributed by atoms with Crippen molar-refractivity contribution in [2.24, 2.45) is 5.92 Å². The fraction of sp³-hybridized carbons (Fsp3) is 0.400. The third-order valence-electron chi connectivity index (χ3n) is 4.90. The van der Waals surface area contributed by atoms with Crippen LogP contribution in [-0.2, 0) is 6.42 Å².